The van der Waals surface area contributed by atoms with Crippen LogP contribution in [0.4, 0.5) is 4.39 Å². The predicted octanol–water partition coefficient (Wildman–Crippen LogP) is 3.33. The number of carbonyl (C=O) groups is 1. The van der Waals surface area contributed by atoms with Gasteiger partial charge >= 0.3 is 0 Å². The highest BCUT2D eigenvalue weighted by Gasteiger charge is 2.24. The van der Waals surface area contributed by atoms with E-state index < -0.39 is 5.82 Å². The molecule has 0 fully saturated rings. The maximum Gasteiger partial charge on any atom is 0.257 e. The highest BCUT2D eigenvalue weighted by atomic mass is 19.1. The van der Waals surface area contributed by atoms with Gasteiger partial charge in [0.05, 0.1) is 11.6 Å². The number of aliphatic hydroxyl groups excluding tert-OH is 1. The first-order valence-electron chi connectivity index (χ1n) is 7.23. The molecule has 2 aromatic carbocycles. The van der Waals surface area contributed by atoms with E-state index in [2.05, 4.69) is 0 Å². The Morgan fingerprint density at radius 2 is 1.91 bits per heavy atom. The van der Waals surface area contributed by atoms with E-state index in [1.54, 1.807) is 20.0 Å². The summed E-state index contributed by atoms with van der Waals surface area (Å²) in [5.74, 6) is -0.910. The molecule has 0 aliphatic heterocycles. The second-order valence-electron chi connectivity index (χ2n) is 5.34. The molecule has 0 saturated carbocycles. The summed E-state index contributed by atoms with van der Waals surface area (Å²) in [4.78, 5) is 14.1. The van der Waals surface area contributed by atoms with Crippen molar-refractivity contribution in [1.82, 2.24) is 4.90 Å². The summed E-state index contributed by atoms with van der Waals surface area (Å²) in [6.07, 6.45) is 0.403. The number of halogens is 1. The van der Waals surface area contributed by atoms with Crippen molar-refractivity contribution in [3.63, 3.8) is 0 Å². The number of hydrogen-bond donors (Lipinski definition) is 1. The molecule has 116 valence electrons. The summed E-state index contributed by atoms with van der Waals surface area (Å²) >= 11 is 0. The normalized spacial score (nSPS) is 12.0. The molecule has 2 aromatic rings. The summed E-state index contributed by atoms with van der Waals surface area (Å²) in [5, 5.41) is 9.28. The monoisotopic (exact) mass is 301 g/mol. The van der Waals surface area contributed by atoms with E-state index in [-0.39, 0.29) is 24.1 Å². The topological polar surface area (TPSA) is 40.5 Å². The number of rotatable bonds is 5. The van der Waals surface area contributed by atoms with E-state index >= 15 is 0 Å². The molecule has 0 aliphatic carbocycles. The second-order valence-corrected chi connectivity index (χ2v) is 5.34. The molecule has 0 bridgehead atoms. The van der Waals surface area contributed by atoms with Crippen LogP contribution in [0.1, 0.15) is 33.9 Å². The van der Waals surface area contributed by atoms with E-state index in [1.165, 1.54) is 17.0 Å². The molecule has 0 heterocycles. The molecule has 22 heavy (non-hydrogen) atoms. The molecule has 2 rings (SSSR count). The summed E-state index contributed by atoms with van der Waals surface area (Å²) in [7, 11) is 1.63. The van der Waals surface area contributed by atoms with Gasteiger partial charge in [-0.3, -0.25) is 4.79 Å². The molecule has 1 unspecified atom stereocenters. The van der Waals surface area contributed by atoms with Crippen LogP contribution in [0.25, 0.3) is 0 Å². The molecule has 0 aromatic heterocycles. The highest BCUT2D eigenvalue weighted by molar-refractivity contribution is 5.94. The maximum atomic E-state index is 14.0. The van der Waals surface area contributed by atoms with Crippen molar-refractivity contribution >= 4 is 5.91 Å². The summed E-state index contributed by atoms with van der Waals surface area (Å²) in [6, 6.07) is 13.7. The Bertz CT molecular complexity index is 643. The van der Waals surface area contributed by atoms with Gasteiger partial charge in [0.15, 0.2) is 0 Å². The van der Waals surface area contributed by atoms with E-state index in [0.29, 0.717) is 6.42 Å². The van der Waals surface area contributed by atoms with Crippen LogP contribution in [0.5, 0.6) is 0 Å². The summed E-state index contributed by atoms with van der Waals surface area (Å²) in [5.41, 5.74) is 1.73. The fraction of sp³-hybridized carbons (Fsp3) is 0.278. The third-order valence-corrected chi connectivity index (χ3v) is 3.73. The molecular weight excluding hydrogens is 281 g/mol. The zero-order valence-electron chi connectivity index (χ0n) is 12.8. The number of hydrogen-bond acceptors (Lipinski definition) is 2. The fourth-order valence-corrected chi connectivity index (χ4v) is 2.51. The number of aryl methyl sites for hydroxylation is 1. The fourth-order valence-electron chi connectivity index (χ4n) is 2.51. The van der Waals surface area contributed by atoms with E-state index in [1.807, 2.05) is 30.3 Å². The van der Waals surface area contributed by atoms with Crippen molar-refractivity contribution in [2.45, 2.75) is 19.4 Å². The lowest BCUT2D eigenvalue weighted by Gasteiger charge is -2.28. The molecular formula is C18H20FNO2. The van der Waals surface area contributed by atoms with Crippen LogP contribution in [0.15, 0.2) is 48.5 Å². The standard InChI is InChI=1S/C18H20FNO2/c1-13-8-9-15(16(19)12-13)18(22)20(2)17(10-11-21)14-6-4-3-5-7-14/h3-9,12,17,21H,10-11H2,1-2H3. The molecule has 0 spiro atoms. The van der Waals surface area contributed by atoms with Crippen LogP contribution < -0.4 is 0 Å². The average Bonchev–Trinajstić information content (AvgIpc) is 2.52. The first-order valence-corrected chi connectivity index (χ1v) is 7.23. The van der Waals surface area contributed by atoms with Crippen molar-refractivity contribution in [3.05, 3.63) is 71.0 Å². The zero-order chi connectivity index (χ0) is 16.1. The van der Waals surface area contributed by atoms with Gasteiger partial charge in [-0.15, -0.1) is 0 Å². The van der Waals surface area contributed by atoms with Gasteiger partial charge < -0.3 is 10.0 Å². The van der Waals surface area contributed by atoms with Crippen LogP contribution >= 0.6 is 0 Å². The molecule has 1 amide bonds. The molecule has 0 aliphatic rings. The Hall–Kier alpha value is -2.20. The number of nitrogens with zero attached hydrogens (tertiary/aromatic N) is 1. The molecule has 1 N–H and O–H groups in total. The Balaban J connectivity index is 2.30. The van der Waals surface area contributed by atoms with Gasteiger partial charge in [0, 0.05) is 13.7 Å². The Kier molecular flexibility index (Phi) is 5.28. The predicted molar refractivity (Wildman–Crippen MR) is 84.1 cm³/mol. The van der Waals surface area contributed by atoms with Crippen LogP contribution in [0.2, 0.25) is 0 Å². The average molecular weight is 301 g/mol. The maximum absolute atomic E-state index is 14.0. The number of amides is 1. The van der Waals surface area contributed by atoms with Crippen LogP contribution in [-0.2, 0) is 0 Å². The van der Waals surface area contributed by atoms with Crippen molar-refractivity contribution in [2.75, 3.05) is 13.7 Å². The molecule has 0 saturated heterocycles. The SMILES string of the molecule is Cc1ccc(C(=O)N(C)C(CCO)c2ccccc2)c(F)c1. The number of carbonyl (C=O) groups excluding carboxylic acids is 1. The van der Waals surface area contributed by atoms with E-state index in [9.17, 15) is 14.3 Å². The number of aliphatic hydroxyl groups is 1. The minimum absolute atomic E-state index is 0.0481. The van der Waals surface area contributed by atoms with Gasteiger partial charge in [0.25, 0.3) is 5.91 Å². The van der Waals surface area contributed by atoms with Crippen LogP contribution in [0.3, 0.4) is 0 Å². The number of benzene rings is 2. The summed E-state index contributed by atoms with van der Waals surface area (Å²) < 4.78 is 14.0. The van der Waals surface area contributed by atoms with Crippen molar-refractivity contribution < 1.29 is 14.3 Å². The highest BCUT2D eigenvalue weighted by Crippen LogP contribution is 2.25. The van der Waals surface area contributed by atoms with Gasteiger partial charge in [-0.05, 0) is 36.6 Å². The van der Waals surface area contributed by atoms with Crippen molar-refractivity contribution in [3.8, 4) is 0 Å². The van der Waals surface area contributed by atoms with Crippen molar-refractivity contribution in [2.24, 2.45) is 0 Å². The van der Waals surface area contributed by atoms with Gasteiger partial charge in [-0.2, -0.15) is 0 Å². The Labute approximate surface area is 130 Å². The van der Waals surface area contributed by atoms with Crippen LogP contribution in [0, 0.1) is 12.7 Å². The first-order chi connectivity index (χ1) is 10.5. The lowest BCUT2D eigenvalue weighted by molar-refractivity contribution is 0.0700. The molecule has 4 heteroatoms. The third-order valence-electron chi connectivity index (χ3n) is 3.73. The van der Waals surface area contributed by atoms with Crippen molar-refractivity contribution in [1.29, 1.82) is 0 Å². The Morgan fingerprint density at radius 3 is 2.50 bits per heavy atom. The van der Waals surface area contributed by atoms with Gasteiger partial charge in [0.1, 0.15) is 5.82 Å². The molecule has 1 atom stereocenters. The largest absolute Gasteiger partial charge is 0.396 e. The third kappa shape index (κ3) is 3.52. The smallest absolute Gasteiger partial charge is 0.257 e. The minimum Gasteiger partial charge on any atom is -0.396 e. The van der Waals surface area contributed by atoms with E-state index in [0.717, 1.165) is 11.1 Å². The second kappa shape index (κ2) is 7.18. The Morgan fingerprint density at radius 1 is 1.23 bits per heavy atom. The zero-order valence-corrected chi connectivity index (χ0v) is 12.8. The quantitative estimate of drug-likeness (QED) is 0.920. The van der Waals surface area contributed by atoms with Crippen LogP contribution in [-0.4, -0.2) is 29.6 Å². The lowest BCUT2D eigenvalue weighted by Crippen LogP contribution is -2.32. The lowest BCUT2D eigenvalue weighted by atomic mass is 10.0. The molecule has 3 nitrogen and oxygen atoms in total. The minimum atomic E-state index is -0.521. The van der Waals surface area contributed by atoms with Gasteiger partial charge in [-0.1, -0.05) is 36.4 Å². The summed E-state index contributed by atoms with van der Waals surface area (Å²) in [6.45, 7) is 1.73. The van der Waals surface area contributed by atoms with Gasteiger partial charge in [-0.25, -0.2) is 4.39 Å². The van der Waals surface area contributed by atoms with E-state index in [4.69, 9.17) is 0 Å². The molecule has 0 radical (unpaired) electrons. The first kappa shape index (κ1) is 16.2. The van der Waals surface area contributed by atoms with Gasteiger partial charge in [0.2, 0.25) is 0 Å².